The summed E-state index contributed by atoms with van der Waals surface area (Å²) in [6.07, 6.45) is 1.63. The van der Waals surface area contributed by atoms with Gasteiger partial charge in [-0.1, -0.05) is 29.8 Å². The molecule has 3 N–H and O–H groups in total. The van der Waals surface area contributed by atoms with E-state index in [-0.39, 0.29) is 6.04 Å². The Hall–Kier alpha value is -1.01. The lowest BCUT2D eigenvalue weighted by Gasteiger charge is -2.16. The van der Waals surface area contributed by atoms with Crippen LogP contribution in [0.15, 0.2) is 41.4 Å². The molecule has 0 aliphatic rings. The van der Waals surface area contributed by atoms with Crippen LogP contribution in [0.25, 0.3) is 0 Å². The van der Waals surface area contributed by atoms with Crippen molar-refractivity contribution >= 4 is 23.4 Å². The van der Waals surface area contributed by atoms with Crippen molar-refractivity contribution in [2.24, 2.45) is 12.9 Å². The predicted octanol–water partition coefficient (Wildman–Crippen LogP) is 2.37. The van der Waals surface area contributed by atoms with Gasteiger partial charge in [0.15, 0.2) is 0 Å². The first-order valence-corrected chi connectivity index (χ1v) is 6.90. The molecule has 0 radical (unpaired) electrons. The number of halogens is 1. The van der Waals surface area contributed by atoms with Crippen LogP contribution in [-0.4, -0.2) is 15.5 Å². The molecule has 1 heterocycles. The van der Waals surface area contributed by atoms with Crippen molar-refractivity contribution in [2.45, 2.75) is 10.9 Å². The molecule has 1 atom stereocenters. The molecule has 96 valence electrons. The summed E-state index contributed by atoms with van der Waals surface area (Å²) < 4.78 is 1.75. The second kappa shape index (κ2) is 6.24. The molecular formula is C12H15ClN4S. The number of nitrogens with two attached hydrogens (primary N) is 1. The van der Waals surface area contributed by atoms with E-state index in [1.165, 1.54) is 4.90 Å². The molecule has 0 saturated heterocycles. The lowest BCUT2D eigenvalue weighted by atomic mass is 10.2. The van der Waals surface area contributed by atoms with Gasteiger partial charge in [-0.2, -0.15) is 5.10 Å². The van der Waals surface area contributed by atoms with Gasteiger partial charge in [-0.3, -0.25) is 16.0 Å². The Morgan fingerprint density at radius 1 is 1.44 bits per heavy atom. The molecule has 4 nitrogen and oxygen atoms in total. The van der Waals surface area contributed by atoms with E-state index in [9.17, 15) is 0 Å². The van der Waals surface area contributed by atoms with Crippen LogP contribution in [-0.2, 0) is 7.05 Å². The summed E-state index contributed by atoms with van der Waals surface area (Å²) in [5.74, 6) is 6.39. The van der Waals surface area contributed by atoms with Gasteiger partial charge in [0.05, 0.1) is 23.0 Å². The van der Waals surface area contributed by atoms with E-state index in [2.05, 4.69) is 22.7 Å². The number of nitrogens with zero attached hydrogens (tertiary/aromatic N) is 2. The largest absolute Gasteiger partial charge is 0.271 e. The van der Waals surface area contributed by atoms with Crippen molar-refractivity contribution in [1.29, 1.82) is 0 Å². The summed E-state index contributed by atoms with van der Waals surface area (Å²) in [5, 5.41) is 4.75. The molecule has 1 aromatic carbocycles. The van der Waals surface area contributed by atoms with Gasteiger partial charge in [-0.15, -0.1) is 11.8 Å². The van der Waals surface area contributed by atoms with Crippen LogP contribution in [0.4, 0.5) is 0 Å². The highest BCUT2D eigenvalue weighted by atomic mass is 35.5. The SMILES string of the molecule is Cn1ncc(Cl)c1C(CSc1ccccc1)NN. The average Bonchev–Trinajstić information content (AvgIpc) is 2.73. The Balaban J connectivity index is 2.07. The Morgan fingerprint density at radius 3 is 2.72 bits per heavy atom. The predicted molar refractivity (Wildman–Crippen MR) is 75.4 cm³/mol. The number of hydrogen-bond acceptors (Lipinski definition) is 4. The Bertz CT molecular complexity index is 481. The molecule has 0 bridgehead atoms. The molecule has 6 heteroatoms. The highest BCUT2D eigenvalue weighted by Crippen LogP contribution is 2.27. The minimum absolute atomic E-state index is 0.0322. The lowest BCUT2D eigenvalue weighted by molar-refractivity contribution is 0.554. The van der Waals surface area contributed by atoms with Crippen LogP contribution < -0.4 is 11.3 Å². The summed E-state index contributed by atoms with van der Waals surface area (Å²) in [7, 11) is 1.86. The highest BCUT2D eigenvalue weighted by Gasteiger charge is 2.18. The molecule has 2 aromatic rings. The quantitative estimate of drug-likeness (QED) is 0.502. The second-order valence-corrected chi connectivity index (χ2v) is 5.35. The lowest BCUT2D eigenvalue weighted by Crippen LogP contribution is -2.31. The van der Waals surface area contributed by atoms with Crippen LogP contribution in [0.2, 0.25) is 5.02 Å². The van der Waals surface area contributed by atoms with Crippen LogP contribution in [0, 0.1) is 0 Å². The smallest absolute Gasteiger partial charge is 0.0834 e. The Kier molecular flexibility index (Phi) is 4.66. The summed E-state index contributed by atoms with van der Waals surface area (Å²) in [6, 6.07) is 10.1. The first-order valence-electron chi connectivity index (χ1n) is 5.53. The number of aryl methyl sites for hydroxylation is 1. The molecule has 2 rings (SSSR count). The van der Waals surface area contributed by atoms with Crippen molar-refractivity contribution in [3.8, 4) is 0 Å². The van der Waals surface area contributed by atoms with Crippen molar-refractivity contribution in [3.05, 3.63) is 47.2 Å². The standard InChI is InChI=1S/C12H15ClN4S/c1-17-12(10(13)7-15-17)11(16-14)8-18-9-5-3-2-4-6-9/h2-7,11,16H,8,14H2,1H3. The average molecular weight is 283 g/mol. The van der Waals surface area contributed by atoms with Crippen LogP contribution in [0.3, 0.4) is 0 Å². The summed E-state index contributed by atoms with van der Waals surface area (Å²) in [4.78, 5) is 1.20. The Morgan fingerprint density at radius 2 is 2.17 bits per heavy atom. The van der Waals surface area contributed by atoms with Gasteiger partial charge >= 0.3 is 0 Å². The summed E-state index contributed by atoms with van der Waals surface area (Å²) >= 11 is 7.84. The van der Waals surface area contributed by atoms with E-state index in [0.717, 1.165) is 11.4 Å². The third-order valence-electron chi connectivity index (χ3n) is 2.63. The van der Waals surface area contributed by atoms with E-state index < -0.39 is 0 Å². The van der Waals surface area contributed by atoms with Crippen LogP contribution >= 0.6 is 23.4 Å². The molecule has 1 aromatic heterocycles. The van der Waals surface area contributed by atoms with Gasteiger partial charge in [0.25, 0.3) is 0 Å². The van der Waals surface area contributed by atoms with Crippen molar-refractivity contribution < 1.29 is 0 Å². The molecule has 0 saturated carbocycles. The molecular weight excluding hydrogens is 268 g/mol. The molecule has 18 heavy (non-hydrogen) atoms. The maximum Gasteiger partial charge on any atom is 0.0834 e. The minimum Gasteiger partial charge on any atom is -0.271 e. The third kappa shape index (κ3) is 3.05. The second-order valence-electron chi connectivity index (χ2n) is 3.84. The fraction of sp³-hybridized carbons (Fsp3) is 0.250. The topological polar surface area (TPSA) is 55.9 Å². The minimum atomic E-state index is -0.0322. The maximum atomic E-state index is 6.11. The molecule has 0 aliphatic carbocycles. The maximum absolute atomic E-state index is 6.11. The zero-order chi connectivity index (χ0) is 13.0. The van der Waals surface area contributed by atoms with Gasteiger partial charge in [-0.05, 0) is 12.1 Å². The van der Waals surface area contributed by atoms with Gasteiger partial charge in [0.1, 0.15) is 0 Å². The number of hydrazine groups is 1. The zero-order valence-corrected chi connectivity index (χ0v) is 11.6. The monoisotopic (exact) mass is 282 g/mol. The number of benzene rings is 1. The van der Waals surface area contributed by atoms with Crippen molar-refractivity contribution in [3.63, 3.8) is 0 Å². The van der Waals surface area contributed by atoms with Crippen LogP contribution in [0.5, 0.6) is 0 Å². The zero-order valence-electron chi connectivity index (χ0n) is 10.0. The van der Waals surface area contributed by atoms with Gasteiger partial charge in [0.2, 0.25) is 0 Å². The summed E-state index contributed by atoms with van der Waals surface area (Å²) in [5.41, 5.74) is 3.70. The Labute approximate surface area is 115 Å². The fourth-order valence-corrected chi connectivity index (χ4v) is 2.97. The normalized spacial score (nSPS) is 12.6. The number of nitrogens with one attached hydrogen (secondary N) is 1. The first-order chi connectivity index (χ1) is 8.72. The first kappa shape index (κ1) is 13.4. The van der Waals surface area contributed by atoms with E-state index in [1.807, 2.05) is 25.2 Å². The van der Waals surface area contributed by atoms with E-state index in [4.69, 9.17) is 17.4 Å². The molecule has 0 aliphatic heterocycles. The fourth-order valence-electron chi connectivity index (χ4n) is 1.71. The highest BCUT2D eigenvalue weighted by molar-refractivity contribution is 7.99. The van der Waals surface area contributed by atoms with E-state index in [0.29, 0.717) is 5.02 Å². The van der Waals surface area contributed by atoms with Crippen LogP contribution in [0.1, 0.15) is 11.7 Å². The summed E-state index contributed by atoms with van der Waals surface area (Å²) in [6.45, 7) is 0. The van der Waals surface area contributed by atoms with Gasteiger partial charge in [-0.25, -0.2) is 0 Å². The number of thioether (sulfide) groups is 1. The van der Waals surface area contributed by atoms with Crippen molar-refractivity contribution in [2.75, 3.05) is 5.75 Å². The molecule has 0 spiro atoms. The van der Waals surface area contributed by atoms with E-state index >= 15 is 0 Å². The van der Waals surface area contributed by atoms with Crippen molar-refractivity contribution in [1.82, 2.24) is 15.2 Å². The molecule has 0 amide bonds. The number of aromatic nitrogens is 2. The molecule has 0 fully saturated rings. The number of hydrogen-bond donors (Lipinski definition) is 2. The third-order valence-corrected chi connectivity index (χ3v) is 4.03. The van der Waals surface area contributed by atoms with Gasteiger partial charge < -0.3 is 0 Å². The van der Waals surface area contributed by atoms with Gasteiger partial charge in [0, 0.05) is 17.7 Å². The molecule has 1 unspecified atom stereocenters. The van der Waals surface area contributed by atoms with E-state index in [1.54, 1.807) is 22.6 Å². The number of rotatable bonds is 5.